The molecule has 0 aliphatic heterocycles. The van der Waals surface area contributed by atoms with Gasteiger partial charge >= 0.3 is 0 Å². The number of furan rings is 1. The highest BCUT2D eigenvalue weighted by Gasteiger charge is 2.20. The zero-order valence-electron chi connectivity index (χ0n) is 14.0. The van der Waals surface area contributed by atoms with Crippen molar-refractivity contribution in [2.24, 2.45) is 7.05 Å². The third kappa shape index (κ3) is 3.88. The molecule has 130 valence electrons. The highest BCUT2D eigenvalue weighted by atomic mass is 35.5. The summed E-state index contributed by atoms with van der Waals surface area (Å²) in [5.74, 6) is 1.35. The third-order valence-corrected chi connectivity index (χ3v) is 5.05. The number of nitrogens with one attached hydrogen (secondary N) is 1. The summed E-state index contributed by atoms with van der Waals surface area (Å²) in [5, 5.41) is 12.1. The molecule has 0 aliphatic carbocycles. The van der Waals surface area contributed by atoms with Crippen LogP contribution in [0.5, 0.6) is 0 Å². The molecular weight excluding hydrogens is 360 g/mol. The fraction of sp³-hybridized carbons (Fsp3) is 0.235. The van der Waals surface area contributed by atoms with E-state index < -0.39 is 0 Å². The maximum atomic E-state index is 12.4. The molecule has 1 atom stereocenters. The van der Waals surface area contributed by atoms with Gasteiger partial charge < -0.3 is 14.3 Å². The number of thioether (sulfide) groups is 1. The van der Waals surface area contributed by atoms with Crippen molar-refractivity contribution in [3.8, 4) is 11.4 Å². The minimum atomic E-state index is -0.347. The quantitative estimate of drug-likeness (QED) is 0.677. The fourth-order valence-corrected chi connectivity index (χ4v) is 3.30. The van der Waals surface area contributed by atoms with E-state index in [4.69, 9.17) is 16.0 Å². The molecule has 6 nitrogen and oxygen atoms in total. The van der Waals surface area contributed by atoms with E-state index in [1.807, 2.05) is 31.5 Å². The van der Waals surface area contributed by atoms with E-state index >= 15 is 0 Å². The number of anilines is 1. The van der Waals surface area contributed by atoms with Crippen molar-refractivity contribution in [3.63, 3.8) is 0 Å². The molecule has 0 bridgehead atoms. The second-order valence-electron chi connectivity index (χ2n) is 5.52. The van der Waals surface area contributed by atoms with Gasteiger partial charge in [-0.05, 0) is 38.1 Å². The number of nitrogens with zero attached hydrogens (tertiary/aromatic N) is 3. The van der Waals surface area contributed by atoms with Gasteiger partial charge in [0.1, 0.15) is 5.76 Å². The molecule has 3 rings (SSSR count). The summed E-state index contributed by atoms with van der Waals surface area (Å²) in [6.45, 7) is 3.69. The van der Waals surface area contributed by atoms with Crippen LogP contribution >= 0.6 is 23.4 Å². The molecule has 3 aromatic rings. The maximum absolute atomic E-state index is 12.4. The van der Waals surface area contributed by atoms with Gasteiger partial charge in [-0.25, -0.2) is 0 Å². The van der Waals surface area contributed by atoms with Crippen molar-refractivity contribution in [1.29, 1.82) is 0 Å². The van der Waals surface area contributed by atoms with Crippen molar-refractivity contribution in [1.82, 2.24) is 14.8 Å². The van der Waals surface area contributed by atoms with Crippen molar-refractivity contribution >= 4 is 35.0 Å². The lowest BCUT2D eigenvalue weighted by molar-refractivity contribution is -0.115. The van der Waals surface area contributed by atoms with Crippen LogP contribution in [-0.4, -0.2) is 25.9 Å². The van der Waals surface area contributed by atoms with E-state index in [9.17, 15) is 4.79 Å². The molecule has 0 radical (unpaired) electrons. The fourth-order valence-electron chi connectivity index (χ4n) is 2.29. The molecule has 2 heterocycles. The highest BCUT2D eigenvalue weighted by Crippen LogP contribution is 2.28. The van der Waals surface area contributed by atoms with Crippen molar-refractivity contribution in [3.05, 3.63) is 47.4 Å². The van der Waals surface area contributed by atoms with Gasteiger partial charge in [0.15, 0.2) is 11.0 Å². The number of halogens is 1. The van der Waals surface area contributed by atoms with Gasteiger partial charge in [-0.3, -0.25) is 4.79 Å². The standard InChI is InChI=1S/C17H17ClN4O2S/c1-10-14(7-8-24-10)15-20-21-17(22(15)3)25-11(2)16(23)19-13-6-4-5-12(18)9-13/h4-9,11H,1-3H3,(H,19,23)/t11-/m1/s1. The van der Waals surface area contributed by atoms with Gasteiger partial charge in [0, 0.05) is 17.8 Å². The monoisotopic (exact) mass is 376 g/mol. The Bertz CT molecular complexity index is 906. The predicted octanol–water partition coefficient (Wildman–Crippen LogP) is 4.16. The summed E-state index contributed by atoms with van der Waals surface area (Å²) in [7, 11) is 1.87. The number of amides is 1. The van der Waals surface area contributed by atoms with Gasteiger partial charge in [-0.1, -0.05) is 29.4 Å². The van der Waals surface area contributed by atoms with Crippen LogP contribution in [0.1, 0.15) is 12.7 Å². The molecule has 25 heavy (non-hydrogen) atoms. The minimum absolute atomic E-state index is 0.128. The smallest absolute Gasteiger partial charge is 0.237 e. The van der Waals surface area contributed by atoms with Crippen LogP contribution in [0, 0.1) is 6.92 Å². The number of hydrogen-bond donors (Lipinski definition) is 1. The average molecular weight is 377 g/mol. The van der Waals surface area contributed by atoms with Gasteiger partial charge in [-0.2, -0.15) is 0 Å². The van der Waals surface area contributed by atoms with Crippen LogP contribution in [-0.2, 0) is 11.8 Å². The number of aromatic nitrogens is 3. The van der Waals surface area contributed by atoms with Crippen LogP contribution in [0.15, 0.2) is 46.2 Å². The minimum Gasteiger partial charge on any atom is -0.469 e. The number of carbonyl (C=O) groups is 1. The van der Waals surface area contributed by atoms with Crippen molar-refractivity contribution in [2.45, 2.75) is 24.3 Å². The first kappa shape index (κ1) is 17.6. The SMILES string of the molecule is Cc1occc1-c1nnc(S[C@H](C)C(=O)Nc2cccc(Cl)c2)n1C. The Morgan fingerprint density at radius 1 is 1.36 bits per heavy atom. The van der Waals surface area contributed by atoms with E-state index in [-0.39, 0.29) is 11.2 Å². The molecule has 0 fully saturated rings. The third-order valence-electron chi connectivity index (χ3n) is 3.68. The molecule has 1 amide bonds. The van der Waals surface area contributed by atoms with E-state index in [1.54, 1.807) is 30.5 Å². The number of benzene rings is 1. The molecule has 0 saturated heterocycles. The van der Waals surface area contributed by atoms with Crippen LogP contribution in [0.4, 0.5) is 5.69 Å². The van der Waals surface area contributed by atoms with Crippen LogP contribution in [0.25, 0.3) is 11.4 Å². The van der Waals surface area contributed by atoms with Crippen LogP contribution < -0.4 is 5.32 Å². The zero-order valence-corrected chi connectivity index (χ0v) is 15.6. The normalized spacial score (nSPS) is 12.2. The van der Waals surface area contributed by atoms with Crippen molar-refractivity contribution < 1.29 is 9.21 Å². The highest BCUT2D eigenvalue weighted by molar-refractivity contribution is 8.00. The van der Waals surface area contributed by atoms with Crippen LogP contribution in [0.2, 0.25) is 5.02 Å². The largest absolute Gasteiger partial charge is 0.469 e. The maximum Gasteiger partial charge on any atom is 0.237 e. The number of hydrogen-bond acceptors (Lipinski definition) is 5. The molecule has 1 aromatic carbocycles. The molecule has 0 saturated carbocycles. The van der Waals surface area contributed by atoms with E-state index in [2.05, 4.69) is 15.5 Å². The first-order valence-electron chi connectivity index (χ1n) is 7.62. The molecule has 8 heteroatoms. The molecule has 0 unspecified atom stereocenters. The summed E-state index contributed by atoms with van der Waals surface area (Å²) in [6.07, 6.45) is 1.62. The molecule has 2 aromatic heterocycles. The summed E-state index contributed by atoms with van der Waals surface area (Å²) < 4.78 is 7.17. The second-order valence-corrected chi connectivity index (χ2v) is 7.26. The lowest BCUT2D eigenvalue weighted by Crippen LogP contribution is -2.22. The number of rotatable bonds is 5. The number of aryl methyl sites for hydroxylation is 1. The Labute approximate surface area is 154 Å². The molecule has 0 spiro atoms. The Balaban J connectivity index is 1.71. The van der Waals surface area contributed by atoms with E-state index in [0.29, 0.717) is 21.7 Å². The van der Waals surface area contributed by atoms with Gasteiger partial charge in [0.05, 0.1) is 17.1 Å². The van der Waals surface area contributed by atoms with Gasteiger partial charge in [0.25, 0.3) is 0 Å². The van der Waals surface area contributed by atoms with Gasteiger partial charge in [-0.15, -0.1) is 10.2 Å². The number of carbonyl (C=O) groups excluding carboxylic acids is 1. The zero-order chi connectivity index (χ0) is 18.0. The lowest BCUT2D eigenvalue weighted by Gasteiger charge is -2.11. The first-order valence-corrected chi connectivity index (χ1v) is 8.88. The van der Waals surface area contributed by atoms with Crippen molar-refractivity contribution in [2.75, 3.05) is 5.32 Å². The summed E-state index contributed by atoms with van der Waals surface area (Å²) in [5.41, 5.74) is 1.55. The summed E-state index contributed by atoms with van der Waals surface area (Å²) in [6, 6.07) is 8.90. The summed E-state index contributed by atoms with van der Waals surface area (Å²) >= 11 is 7.28. The second kappa shape index (κ2) is 7.33. The predicted molar refractivity (Wildman–Crippen MR) is 98.8 cm³/mol. The van der Waals surface area contributed by atoms with E-state index in [0.717, 1.165) is 11.3 Å². The molecular formula is C17H17ClN4O2S. The summed E-state index contributed by atoms with van der Waals surface area (Å²) in [4.78, 5) is 12.4. The molecule has 1 N–H and O–H groups in total. The van der Waals surface area contributed by atoms with E-state index in [1.165, 1.54) is 11.8 Å². The average Bonchev–Trinajstić information content (AvgIpc) is 3.13. The Kier molecular flexibility index (Phi) is 5.15. The molecule has 0 aliphatic rings. The lowest BCUT2D eigenvalue weighted by atomic mass is 10.2. The Morgan fingerprint density at radius 2 is 2.16 bits per heavy atom. The van der Waals surface area contributed by atoms with Gasteiger partial charge in [0.2, 0.25) is 5.91 Å². The van der Waals surface area contributed by atoms with Crippen LogP contribution in [0.3, 0.4) is 0 Å². The topological polar surface area (TPSA) is 72.9 Å². The Hall–Kier alpha value is -2.25. The first-order chi connectivity index (χ1) is 12.0. The Morgan fingerprint density at radius 3 is 2.84 bits per heavy atom.